The first-order chi connectivity index (χ1) is 7.17. The zero-order valence-corrected chi connectivity index (χ0v) is 9.31. The molecule has 0 saturated heterocycles. The zero-order chi connectivity index (χ0) is 11.3. The van der Waals surface area contributed by atoms with Crippen molar-refractivity contribution >= 4 is 16.7 Å². The fraction of sp³-hybridized carbons (Fsp3) is 0.750. The number of hydrogen-bond donors (Lipinski definition) is 1. The van der Waals surface area contributed by atoms with Crippen LogP contribution in [0.15, 0.2) is 0 Å². The Kier molecular flexibility index (Phi) is 4.83. The van der Waals surface area contributed by atoms with Crippen molar-refractivity contribution < 1.29 is 8.78 Å². The van der Waals surface area contributed by atoms with Gasteiger partial charge in [-0.25, -0.2) is 13.8 Å². The summed E-state index contributed by atoms with van der Waals surface area (Å²) in [5.74, 6) is 0.686. The van der Waals surface area contributed by atoms with Crippen LogP contribution in [0.1, 0.15) is 12.7 Å². The summed E-state index contributed by atoms with van der Waals surface area (Å²) in [5, 5.41) is 0.526. The van der Waals surface area contributed by atoms with Gasteiger partial charge in [0, 0.05) is 31.0 Å². The molecule has 0 aliphatic heterocycles. The van der Waals surface area contributed by atoms with Gasteiger partial charge >= 0.3 is 0 Å². The van der Waals surface area contributed by atoms with Crippen molar-refractivity contribution in [2.75, 3.05) is 24.5 Å². The topological polar surface area (TPSA) is 55.0 Å². The van der Waals surface area contributed by atoms with Crippen molar-refractivity contribution in [2.24, 2.45) is 5.73 Å². The molecule has 1 aromatic heterocycles. The lowest BCUT2D eigenvalue weighted by molar-refractivity contribution is 0.155. The molecular formula is C8H14F2N4S. The first-order valence-electron chi connectivity index (χ1n) is 4.73. The maximum atomic E-state index is 12.3. The molecule has 0 fully saturated rings. The van der Waals surface area contributed by atoms with E-state index in [9.17, 15) is 8.78 Å². The highest BCUT2D eigenvalue weighted by Crippen LogP contribution is 2.18. The number of halogens is 2. The van der Waals surface area contributed by atoms with Crippen LogP contribution < -0.4 is 10.6 Å². The fourth-order valence-electron chi connectivity index (χ4n) is 1.10. The second kappa shape index (κ2) is 5.92. The Hall–Kier alpha value is -0.820. The first kappa shape index (κ1) is 12.3. The summed E-state index contributed by atoms with van der Waals surface area (Å²) >= 11 is 1.14. The third-order valence-corrected chi connectivity index (χ3v) is 2.62. The van der Waals surface area contributed by atoms with Crippen molar-refractivity contribution in [3.63, 3.8) is 0 Å². The molecule has 0 atom stereocenters. The number of hydrogen-bond acceptors (Lipinski definition) is 5. The van der Waals surface area contributed by atoms with Crippen LogP contribution in [0, 0.1) is 0 Å². The number of aromatic nitrogens is 2. The molecule has 1 rings (SSSR count). The minimum absolute atomic E-state index is 0.327. The summed E-state index contributed by atoms with van der Waals surface area (Å²) < 4.78 is 28.6. The van der Waals surface area contributed by atoms with E-state index in [1.165, 1.54) is 4.90 Å². The molecule has 0 radical (unpaired) electrons. The van der Waals surface area contributed by atoms with Crippen molar-refractivity contribution in [3.05, 3.63) is 5.82 Å². The lowest BCUT2D eigenvalue weighted by atomic mass is 10.5. The van der Waals surface area contributed by atoms with Crippen LogP contribution in [0.2, 0.25) is 0 Å². The Balaban J connectivity index is 2.69. The molecule has 0 bridgehead atoms. The second-order valence-corrected chi connectivity index (χ2v) is 3.70. The van der Waals surface area contributed by atoms with E-state index in [0.717, 1.165) is 11.5 Å². The van der Waals surface area contributed by atoms with Gasteiger partial charge in [0.05, 0.1) is 6.54 Å². The molecular weight excluding hydrogens is 222 g/mol. The van der Waals surface area contributed by atoms with Crippen LogP contribution in [-0.2, 0) is 6.42 Å². The lowest BCUT2D eigenvalue weighted by Gasteiger charge is -2.19. The van der Waals surface area contributed by atoms with Crippen molar-refractivity contribution in [1.82, 2.24) is 9.36 Å². The summed E-state index contributed by atoms with van der Waals surface area (Å²) in [4.78, 5) is 5.62. The third-order valence-electron chi connectivity index (χ3n) is 1.80. The lowest BCUT2D eigenvalue weighted by Crippen LogP contribution is -2.33. The van der Waals surface area contributed by atoms with E-state index in [1.54, 1.807) is 0 Å². The van der Waals surface area contributed by atoms with E-state index < -0.39 is 6.43 Å². The molecule has 1 aromatic rings. The van der Waals surface area contributed by atoms with Gasteiger partial charge in [0.25, 0.3) is 6.43 Å². The zero-order valence-electron chi connectivity index (χ0n) is 8.49. The van der Waals surface area contributed by atoms with Gasteiger partial charge in [-0.2, -0.15) is 4.37 Å². The number of anilines is 1. The van der Waals surface area contributed by atoms with Crippen LogP contribution >= 0.6 is 11.5 Å². The van der Waals surface area contributed by atoms with Gasteiger partial charge in [-0.15, -0.1) is 0 Å². The Morgan fingerprint density at radius 1 is 1.53 bits per heavy atom. The molecule has 0 amide bonds. The Morgan fingerprint density at radius 3 is 2.73 bits per heavy atom. The summed E-state index contributed by atoms with van der Waals surface area (Å²) in [5.41, 5.74) is 5.35. The minimum Gasteiger partial charge on any atom is -0.340 e. The SMILES string of the molecule is CCc1nsc(N(CCN)CC(F)F)n1. The Labute approximate surface area is 91.3 Å². The van der Waals surface area contributed by atoms with Gasteiger partial charge in [0.1, 0.15) is 5.82 Å². The van der Waals surface area contributed by atoms with Gasteiger partial charge in [-0.05, 0) is 0 Å². The molecule has 0 aliphatic rings. The van der Waals surface area contributed by atoms with Crippen molar-refractivity contribution in [2.45, 2.75) is 19.8 Å². The van der Waals surface area contributed by atoms with Crippen LogP contribution in [0.3, 0.4) is 0 Å². The molecule has 15 heavy (non-hydrogen) atoms. The normalized spacial score (nSPS) is 11.0. The molecule has 0 saturated carbocycles. The van der Waals surface area contributed by atoms with Crippen molar-refractivity contribution in [1.29, 1.82) is 0 Å². The molecule has 0 unspecified atom stereocenters. The summed E-state index contributed by atoms with van der Waals surface area (Å²) in [6, 6.07) is 0. The number of alkyl halides is 2. The fourth-order valence-corrected chi connectivity index (χ4v) is 1.89. The molecule has 0 aromatic carbocycles. The average molecular weight is 236 g/mol. The summed E-state index contributed by atoms with van der Waals surface area (Å²) in [6.45, 7) is 2.29. The maximum Gasteiger partial charge on any atom is 0.255 e. The van der Waals surface area contributed by atoms with E-state index in [-0.39, 0.29) is 6.54 Å². The second-order valence-electron chi connectivity index (χ2n) is 2.97. The number of rotatable bonds is 6. The largest absolute Gasteiger partial charge is 0.340 e. The average Bonchev–Trinajstić information content (AvgIpc) is 2.64. The molecule has 86 valence electrons. The van der Waals surface area contributed by atoms with E-state index in [2.05, 4.69) is 9.36 Å². The van der Waals surface area contributed by atoms with Crippen LogP contribution in [0.4, 0.5) is 13.9 Å². The van der Waals surface area contributed by atoms with E-state index in [1.807, 2.05) is 6.92 Å². The smallest absolute Gasteiger partial charge is 0.255 e. The van der Waals surface area contributed by atoms with Gasteiger partial charge in [0.2, 0.25) is 5.13 Å². The predicted octanol–water partition coefficient (Wildman–Crippen LogP) is 1.13. The monoisotopic (exact) mass is 236 g/mol. The quantitative estimate of drug-likeness (QED) is 0.804. The third kappa shape index (κ3) is 3.67. The Bertz CT molecular complexity index is 292. The standard InChI is InChI=1S/C8H14F2N4S/c1-2-7-12-8(15-13-7)14(4-3-11)5-6(9)10/h6H,2-5,11H2,1H3. The number of nitrogens with zero attached hydrogens (tertiary/aromatic N) is 3. The Morgan fingerprint density at radius 2 is 2.27 bits per heavy atom. The van der Waals surface area contributed by atoms with Crippen molar-refractivity contribution in [3.8, 4) is 0 Å². The van der Waals surface area contributed by atoms with E-state index in [4.69, 9.17) is 5.73 Å². The molecule has 2 N–H and O–H groups in total. The van der Waals surface area contributed by atoms with Crippen LogP contribution in [0.5, 0.6) is 0 Å². The molecule has 0 aliphatic carbocycles. The van der Waals surface area contributed by atoms with Gasteiger partial charge in [0.15, 0.2) is 0 Å². The summed E-state index contributed by atoms with van der Waals surface area (Å²) in [6.07, 6.45) is -1.67. The number of nitrogens with two attached hydrogens (primary N) is 1. The van der Waals surface area contributed by atoms with Crippen LogP contribution in [-0.4, -0.2) is 35.4 Å². The van der Waals surface area contributed by atoms with Crippen LogP contribution in [0.25, 0.3) is 0 Å². The molecule has 1 heterocycles. The van der Waals surface area contributed by atoms with E-state index in [0.29, 0.717) is 30.5 Å². The highest BCUT2D eigenvalue weighted by Gasteiger charge is 2.15. The highest BCUT2D eigenvalue weighted by molar-refractivity contribution is 7.09. The highest BCUT2D eigenvalue weighted by atomic mass is 32.1. The van der Waals surface area contributed by atoms with Gasteiger partial charge in [-0.3, -0.25) is 0 Å². The van der Waals surface area contributed by atoms with Gasteiger partial charge in [-0.1, -0.05) is 6.92 Å². The molecule has 7 heteroatoms. The minimum atomic E-state index is -2.38. The maximum absolute atomic E-state index is 12.3. The summed E-state index contributed by atoms with van der Waals surface area (Å²) in [7, 11) is 0. The molecule has 4 nitrogen and oxygen atoms in total. The predicted molar refractivity (Wildman–Crippen MR) is 56.6 cm³/mol. The van der Waals surface area contributed by atoms with E-state index >= 15 is 0 Å². The first-order valence-corrected chi connectivity index (χ1v) is 5.50. The van der Waals surface area contributed by atoms with Gasteiger partial charge < -0.3 is 10.6 Å². The number of aryl methyl sites for hydroxylation is 1. The molecule has 0 spiro atoms.